The number of aliphatic imine (C=N–C) groups is 1. The average molecular weight is 381 g/mol. The number of fused-ring (bicyclic) bond motifs is 2. The number of aryl methyl sites for hydroxylation is 1. The largest absolute Gasteiger partial charge is 0.494 e. The summed E-state index contributed by atoms with van der Waals surface area (Å²) in [6, 6.07) is 5.81. The Morgan fingerprint density at radius 3 is 2.93 bits per heavy atom. The zero-order valence-electron chi connectivity index (χ0n) is 16.3. The Balaban J connectivity index is 1.17. The first kappa shape index (κ1) is 18.5. The van der Waals surface area contributed by atoms with Crippen molar-refractivity contribution < 1.29 is 9.53 Å². The molecule has 0 radical (unpaired) electrons. The lowest BCUT2D eigenvalue weighted by molar-refractivity contribution is -0.121. The Bertz CT molecular complexity index is 846. The van der Waals surface area contributed by atoms with Crippen molar-refractivity contribution in [3.05, 3.63) is 42.5 Å². The van der Waals surface area contributed by atoms with Crippen LogP contribution in [-0.4, -0.2) is 39.0 Å². The second-order valence-electron chi connectivity index (χ2n) is 7.44. The molecule has 1 unspecified atom stereocenters. The summed E-state index contributed by atoms with van der Waals surface area (Å²) < 4.78 is 8.06. The molecule has 1 atom stereocenters. The Hall–Kier alpha value is -2.83. The molecule has 2 aliphatic rings. The first-order chi connectivity index (χ1) is 13.7. The number of unbranched alkanes of at least 4 members (excludes halogenated alkanes) is 4. The molecule has 1 fully saturated rings. The van der Waals surface area contributed by atoms with Crippen LogP contribution in [-0.2, 0) is 17.9 Å². The van der Waals surface area contributed by atoms with E-state index in [1.54, 1.807) is 0 Å². The third kappa shape index (κ3) is 4.18. The van der Waals surface area contributed by atoms with Crippen LogP contribution in [0.5, 0.6) is 5.75 Å². The molecule has 1 amide bonds. The highest BCUT2D eigenvalue weighted by molar-refractivity contribution is 6.07. The van der Waals surface area contributed by atoms with Gasteiger partial charge in [-0.25, -0.2) is 9.98 Å². The van der Waals surface area contributed by atoms with Crippen molar-refractivity contribution in [3.63, 3.8) is 0 Å². The number of hydrogen-bond donors (Lipinski definition) is 1. The van der Waals surface area contributed by atoms with Crippen molar-refractivity contribution in [2.45, 2.75) is 58.2 Å². The van der Waals surface area contributed by atoms with Crippen molar-refractivity contribution in [2.75, 3.05) is 6.61 Å². The topological polar surface area (TPSA) is 71.7 Å². The molecule has 0 saturated carbocycles. The molecule has 0 aliphatic carbocycles. The van der Waals surface area contributed by atoms with Crippen LogP contribution in [0.3, 0.4) is 0 Å². The molecule has 3 heterocycles. The van der Waals surface area contributed by atoms with E-state index < -0.39 is 0 Å². The van der Waals surface area contributed by atoms with Crippen molar-refractivity contribution >= 4 is 17.6 Å². The van der Waals surface area contributed by atoms with Crippen LogP contribution in [0.4, 0.5) is 5.69 Å². The van der Waals surface area contributed by atoms with E-state index >= 15 is 0 Å². The van der Waals surface area contributed by atoms with E-state index in [1.807, 2.05) is 42.7 Å². The number of ether oxygens (including phenoxy) is 1. The first-order valence-corrected chi connectivity index (χ1v) is 10.1. The molecule has 148 valence electrons. The number of nitrogens with zero attached hydrogens (tertiary/aromatic N) is 4. The smallest absolute Gasteiger partial charge is 0.249 e. The van der Waals surface area contributed by atoms with Gasteiger partial charge in [0.15, 0.2) is 0 Å². The summed E-state index contributed by atoms with van der Waals surface area (Å²) >= 11 is 0. The van der Waals surface area contributed by atoms with E-state index in [4.69, 9.17) is 4.74 Å². The second-order valence-corrected chi connectivity index (χ2v) is 7.44. The molecule has 2 aromatic rings. The van der Waals surface area contributed by atoms with Crippen molar-refractivity contribution in [2.24, 2.45) is 4.99 Å². The molecule has 28 heavy (non-hydrogen) atoms. The number of aromatic nitrogens is 2. The number of carbonyl (C=O) groups is 1. The molecule has 0 bridgehead atoms. The van der Waals surface area contributed by atoms with Gasteiger partial charge in [0.25, 0.3) is 0 Å². The summed E-state index contributed by atoms with van der Waals surface area (Å²) in [7, 11) is 0. The fourth-order valence-electron chi connectivity index (χ4n) is 3.64. The second kappa shape index (κ2) is 8.46. The molecular weight excluding hydrogens is 354 g/mol. The van der Waals surface area contributed by atoms with Gasteiger partial charge in [0.1, 0.15) is 11.8 Å². The number of nitrogens with one attached hydrogen (secondary N) is 1. The number of hydrogen-bond acceptors (Lipinski definition) is 5. The highest BCUT2D eigenvalue weighted by Crippen LogP contribution is 2.31. The van der Waals surface area contributed by atoms with Crippen LogP contribution in [0.2, 0.25) is 0 Å². The third-order valence-corrected chi connectivity index (χ3v) is 5.36. The molecule has 2 aliphatic heterocycles. The first-order valence-electron chi connectivity index (χ1n) is 10.1. The minimum atomic E-state index is -0.176. The maximum atomic E-state index is 11.8. The van der Waals surface area contributed by atoms with Gasteiger partial charge in [-0.3, -0.25) is 10.1 Å². The van der Waals surface area contributed by atoms with Crippen LogP contribution in [0.1, 0.15) is 44.6 Å². The molecule has 4 rings (SSSR count). The van der Waals surface area contributed by atoms with Crippen molar-refractivity contribution in [3.8, 4) is 5.75 Å². The average Bonchev–Trinajstić information content (AvgIpc) is 3.31. The van der Waals surface area contributed by atoms with E-state index in [-0.39, 0.29) is 11.9 Å². The SMILES string of the molecule is CC1C(=O)NC2=Nc3ccc(OCCCCCCCn4ccnc4)cc3CN21. The van der Waals surface area contributed by atoms with Crippen molar-refractivity contribution in [1.82, 2.24) is 19.8 Å². The minimum Gasteiger partial charge on any atom is -0.494 e. The van der Waals surface area contributed by atoms with E-state index in [0.717, 1.165) is 36.6 Å². The molecule has 1 aromatic carbocycles. The molecule has 1 aromatic heterocycles. The standard InChI is InChI=1S/C21H27N5O2/c1-16-20(27)24-21-23-19-8-7-18(13-17(19)14-26(16)21)28-12-6-4-2-3-5-10-25-11-9-22-15-25/h7-9,11,13,15-16H,2-6,10,12,14H2,1H3,(H,23,24,27). The Morgan fingerprint density at radius 2 is 2.07 bits per heavy atom. The van der Waals surface area contributed by atoms with Gasteiger partial charge in [0.2, 0.25) is 11.9 Å². The number of rotatable bonds is 9. The van der Waals surface area contributed by atoms with Crippen LogP contribution in [0.15, 0.2) is 41.9 Å². The summed E-state index contributed by atoms with van der Waals surface area (Å²) in [5, 5.41) is 2.83. The zero-order chi connectivity index (χ0) is 19.3. The van der Waals surface area contributed by atoms with Gasteiger partial charge >= 0.3 is 0 Å². The highest BCUT2D eigenvalue weighted by Gasteiger charge is 2.35. The predicted octanol–water partition coefficient (Wildman–Crippen LogP) is 3.23. The summed E-state index contributed by atoms with van der Waals surface area (Å²) in [5.41, 5.74) is 2.01. The highest BCUT2D eigenvalue weighted by atomic mass is 16.5. The monoisotopic (exact) mass is 381 g/mol. The summed E-state index contributed by atoms with van der Waals surface area (Å²) in [4.78, 5) is 22.4. The summed E-state index contributed by atoms with van der Waals surface area (Å²) in [6.07, 6.45) is 11.6. The van der Waals surface area contributed by atoms with Gasteiger partial charge < -0.3 is 14.2 Å². The molecule has 1 N–H and O–H groups in total. The predicted molar refractivity (Wildman–Crippen MR) is 107 cm³/mol. The number of carbonyl (C=O) groups excluding carboxylic acids is 1. The van der Waals surface area contributed by atoms with E-state index in [1.165, 1.54) is 25.7 Å². The number of guanidine groups is 1. The van der Waals surface area contributed by atoms with Gasteiger partial charge in [-0.05, 0) is 38.0 Å². The Morgan fingerprint density at radius 1 is 1.21 bits per heavy atom. The number of benzene rings is 1. The van der Waals surface area contributed by atoms with Gasteiger partial charge in [-0.1, -0.05) is 19.3 Å². The van der Waals surface area contributed by atoms with E-state index in [9.17, 15) is 4.79 Å². The lowest BCUT2D eigenvalue weighted by atomic mass is 10.1. The van der Waals surface area contributed by atoms with Crippen LogP contribution in [0, 0.1) is 0 Å². The fourth-order valence-corrected chi connectivity index (χ4v) is 3.64. The van der Waals surface area contributed by atoms with Crippen LogP contribution >= 0.6 is 0 Å². The quantitative estimate of drug-likeness (QED) is 0.677. The Kier molecular flexibility index (Phi) is 5.60. The van der Waals surface area contributed by atoms with Gasteiger partial charge in [0, 0.05) is 31.0 Å². The van der Waals surface area contributed by atoms with Gasteiger partial charge in [-0.2, -0.15) is 0 Å². The van der Waals surface area contributed by atoms with Crippen LogP contribution in [0.25, 0.3) is 0 Å². The maximum Gasteiger partial charge on any atom is 0.249 e. The lowest BCUT2D eigenvalue weighted by Gasteiger charge is -2.26. The third-order valence-electron chi connectivity index (χ3n) is 5.36. The maximum absolute atomic E-state index is 11.8. The minimum absolute atomic E-state index is 0.00746. The molecule has 7 heteroatoms. The Labute approximate surface area is 165 Å². The lowest BCUT2D eigenvalue weighted by Crippen LogP contribution is -2.35. The number of amides is 1. The van der Waals surface area contributed by atoms with Gasteiger partial charge in [-0.15, -0.1) is 0 Å². The normalized spacial score (nSPS) is 17.8. The summed E-state index contributed by atoms with van der Waals surface area (Å²) in [5.74, 6) is 1.54. The molecular formula is C21H27N5O2. The number of imidazole rings is 1. The molecule has 1 saturated heterocycles. The van der Waals surface area contributed by atoms with Crippen molar-refractivity contribution in [1.29, 1.82) is 0 Å². The van der Waals surface area contributed by atoms with E-state index in [2.05, 4.69) is 25.9 Å². The molecule has 7 nitrogen and oxygen atoms in total. The van der Waals surface area contributed by atoms with Gasteiger partial charge in [0.05, 0.1) is 18.6 Å². The zero-order valence-corrected chi connectivity index (χ0v) is 16.3. The fraction of sp³-hybridized carbons (Fsp3) is 0.476. The summed E-state index contributed by atoms with van der Waals surface area (Å²) in [6.45, 7) is 4.36. The van der Waals surface area contributed by atoms with E-state index in [0.29, 0.717) is 12.5 Å². The molecule has 0 spiro atoms. The van der Waals surface area contributed by atoms with Crippen LogP contribution < -0.4 is 10.1 Å².